The first-order chi connectivity index (χ1) is 20.4. The molecule has 3 saturated heterocycles. The van der Waals surface area contributed by atoms with Gasteiger partial charge < -0.3 is 28.4 Å². The number of hydrogen-bond acceptors (Lipinski definition) is 6. The lowest BCUT2D eigenvalue weighted by molar-refractivity contribution is 0.262. The molecule has 0 amide bonds. The minimum absolute atomic E-state index is 0. The van der Waals surface area contributed by atoms with Crippen molar-refractivity contribution >= 4 is 0 Å². The summed E-state index contributed by atoms with van der Waals surface area (Å²) in [5.74, 6) is 2.90. The van der Waals surface area contributed by atoms with Crippen LogP contribution in [0.5, 0.6) is 17.2 Å². The first-order valence-corrected chi connectivity index (χ1v) is 15.3. The molecule has 43 heavy (non-hydrogen) atoms. The molecule has 0 radical (unpaired) electrons. The van der Waals surface area contributed by atoms with Crippen LogP contribution in [-0.4, -0.2) is 58.0 Å². The number of epoxide rings is 3. The van der Waals surface area contributed by atoms with Crippen LogP contribution >= 0.6 is 0 Å². The molecule has 0 spiro atoms. The summed E-state index contributed by atoms with van der Waals surface area (Å²) in [6.45, 7) is 19.2. The molecule has 3 aliphatic heterocycles. The Kier molecular flexibility index (Phi) is 19.8. The van der Waals surface area contributed by atoms with E-state index in [0.717, 1.165) is 37.1 Å². The molecular weight excluding hydrogens is 540 g/mol. The lowest BCUT2D eigenvalue weighted by Gasteiger charge is -2.06. The van der Waals surface area contributed by atoms with Crippen LogP contribution in [0.25, 0.3) is 0 Å². The molecule has 3 aliphatic rings. The summed E-state index contributed by atoms with van der Waals surface area (Å²) in [6, 6.07) is 24.1. The highest BCUT2D eigenvalue weighted by molar-refractivity contribution is 5.33. The van der Waals surface area contributed by atoms with Crippen molar-refractivity contribution in [1.29, 1.82) is 0 Å². The summed E-state index contributed by atoms with van der Waals surface area (Å²) in [5.41, 5.74) is 3.54. The quantitative estimate of drug-likeness (QED) is 0.230. The van der Waals surface area contributed by atoms with E-state index < -0.39 is 0 Å². The van der Waals surface area contributed by atoms with Crippen molar-refractivity contribution in [3.63, 3.8) is 0 Å². The maximum Gasteiger partial charge on any atom is 0.122 e. The molecular formula is C37H56O6. The van der Waals surface area contributed by atoms with Crippen molar-refractivity contribution in [2.24, 2.45) is 0 Å². The molecule has 6 nitrogen and oxygen atoms in total. The molecule has 0 aromatic heterocycles. The standard InChI is InChI=1S/3C10H12O2.2C3H8.CH4/c3*1-8-4-2-3-5-10(8)12-7-9-6-11-9;2*1-3-2;/h3*2-5,9H,6-7H2,1H3;2*3H2,1-2H3;1H4. The van der Waals surface area contributed by atoms with Gasteiger partial charge in [0.1, 0.15) is 55.4 Å². The van der Waals surface area contributed by atoms with Crippen LogP contribution < -0.4 is 14.2 Å². The fourth-order valence-electron chi connectivity index (χ4n) is 3.20. The van der Waals surface area contributed by atoms with Gasteiger partial charge in [-0.25, -0.2) is 0 Å². The lowest BCUT2D eigenvalue weighted by atomic mass is 10.2. The summed E-state index contributed by atoms with van der Waals surface area (Å²) in [6.07, 6.45) is 3.51. The second-order valence-corrected chi connectivity index (χ2v) is 10.5. The first-order valence-electron chi connectivity index (χ1n) is 15.3. The van der Waals surface area contributed by atoms with Gasteiger partial charge >= 0.3 is 0 Å². The summed E-state index contributed by atoms with van der Waals surface area (Å²) in [5, 5.41) is 0. The zero-order valence-electron chi connectivity index (χ0n) is 26.8. The maximum absolute atomic E-state index is 5.54. The van der Waals surface area contributed by atoms with Gasteiger partial charge in [0.05, 0.1) is 19.8 Å². The van der Waals surface area contributed by atoms with E-state index in [1.165, 1.54) is 29.5 Å². The first kappa shape index (κ1) is 38.0. The van der Waals surface area contributed by atoms with Gasteiger partial charge in [0.2, 0.25) is 0 Å². The molecule has 0 bridgehead atoms. The SMILES string of the molecule is C.CCC.CCC.Cc1ccccc1OCC1CO1.Cc1ccccc1OCC1CO1.Cc1ccccc1OCC1CO1. The monoisotopic (exact) mass is 596 g/mol. The molecule has 3 atom stereocenters. The Hall–Kier alpha value is -3.06. The number of para-hydroxylation sites is 3. The fourth-order valence-corrected chi connectivity index (χ4v) is 3.20. The molecule has 3 aromatic rings. The average Bonchev–Trinajstić information content (AvgIpc) is 3.82. The Morgan fingerprint density at radius 2 is 0.698 bits per heavy atom. The third-order valence-electron chi connectivity index (χ3n) is 5.76. The predicted octanol–water partition coefficient (Wildman–Crippen LogP) is 8.79. The van der Waals surface area contributed by atoms with E-state index in [9.17, 15) is 0 Å². The minimum Gasteiger partial charge on any atom is -0.491 e. The van der Waals surface area contributed by atoms with Crippen molar-refractivity contribution in [2.75, 3.05) is 39.6 Å². The van der Waals surface area contributed by atoms with E-state index in [4.69, 9.17) is 28.4 Å². The molecule has 0 N–H and O–H groups in total. The normalized spacial score (nSPS) is 18.1. The minimum atomic E-state index is 0. The summed E-state index contributed by atoms with van der Waals surface area (Å²) in [7, 11) is 0. The topological polar surface area (TPSA) is 65.3 Å². The van der Waals surface area contributed by atoms with Crippen molar-refractivity contribution < 1.29 is 28.4 Å². The summed E-state index contributed by atoms with van der Waals surface area (Å²) >= 11 is 0. The summed E-state index contributed by atoms with van der Waals surface area (Å²) in [4.78, 5) is 0. The van der Waals surface area contributed by atoms with Crippen LogP contribution in [0.15, 0.2) is 72.8 Å². The Morgan fingerprint density at radius 1 is 0.488 bits per heavy atom. The van der Waals surface area contributed by atoms with Crippen LogP contribution in [0.4, 0.5) is 0 Å². The molecule has 6 heteroatoms. The largest absolute Gasteiger partial charge is 0.491 e. The van der Waals surface area contributed by atoms with Crippen molar-refractivity contribution in [3.05, 3.63) is 89.5 Å². The van der Waals surface area contributed by atoms with E-state index in [1.54, 1.807) is 0 Å². The van der Waals surface area contributed by atoms with Gasteiger partial charge in [0.15, 0.2) is 0 Å². The zero-order valence-corrected chi connectivity index (χ0v) is 26.8. The third-order valence-corrected chi connectivity index (χ3v) is 5.76. The molecule has 0 saturated carbocycles. The fraction of sp³-hybridized carbons (Fsp3) is 0.514. The van der Waals surface area contributed by atoms with E-state index in [1.807, 2.05) is 93.6 Å². The second kappa shape index (κ2) is 22.5. The van der Waals surface area contributed by atoms with Crippen LogP contribution in [0.3, 0.4) is 0 Å². The van der Waals surface area contributed by atoms with E-state index in [-0.39, 0.29) is 7.43 Å². The Bertz CT molecular complexity index is 967. The van der Waals surface area contributed by atoms with Gasteiger partial charge in [-0.05, 0) is 55.7 Å². The molecule has 0 aliphatic carbocycles. The van der Waals surface area contributed by atoms with Crippen LogP contribution in [0.2, 0.25) is 0 Å². The van der Waals surface area contributed by atoms with Crippen LogP contribution in [-0.2, 0) is 14.2 Å². The lowest BCUT2D eigenvalue weighted by Crippen LogP contribution is -2.04. The highest BCUT2D eigenvalue weighted by atomic mass is 16.6. The number of aryl methyl sites for hydroxylation is 3. The molecule has 3 fully saturated rings. The molecule has 6 rings (SSSR count). The van der Waals surface area contributed by atoms with E-state index >= 15 is 0 Å². The number of hydrogen-bond donors (Lipinski definition) is 0. The highest BCUT2D eigenvalue weighted by Crippen LogP contribution is 2.20. The maximum atomic E-state index is 5.54. The molecule has 3 heterocycles. The van der Waals surface area contributed by atoms with Gasteiger partial charge in [-0.15, -0.1) is 0 Å². The Morgan fingerprint density at radius 3 is 0.884 bits per heavy atom. The Labute approximate surface area is 261 Å². The highest BCUT2D eigenvalue weighted by Gasteiger charge is 2.24. The number of benzene rings is 3. The van der Waals surface area contributed by atoms with Gasteiger partial charge in [0.25, 0.3) is 0 Å². The number of ether oxygens (including phenoxy) is 6. The average molecular weight is 597 g/mol. The third kappa shape index (κ3) is 18.3. The molecule has 240 valence electrons. The van der Waals surface area contributed by atoms with Crippen molar-refractivity contribution in [1.82, 2.24) is 0 Å². The van der Waals surface area contributed by atoms with Crippen molar-refractivity contribution in [3.8, 4) is 17.2 Å². The number of rotatable bonds is 9. The second-order valence-electron chi connectivity index (χ2n) is 10.5. The van der Waals surface area contributed by atoms with Crippen LogP contribution in [0, 0.1) is 20.8 Å². The van der Waals surface area contributed by atoms with E-state index in [2.05, 4.69) is 27.7 Å². The molecule has 3 aromatic carbocycles. The van der Waals surface area contributed by atoms with E-state index in [0.29, 0.717) is 38.1 Å². The molecule has 3 unspecified atom stereocenters. The van der Waals surface area contributed by atoms with Crippen molar-refractivity contribution in [2.45, 2.75) is 87.0 Å². The Balaban J connectivity index is 0.000000292. The van der Waals surface area contributed by atoms with Crippen LogP contribution in [0.1, 0.15) is 64.7 Å². The summed E-state index contributed by atoms with van der Waals surface area (Å²) < 4.78 is 31.7. The predicted molar refractivity (Wildman–Crippen MR) is 178 cm³/mol. The van der Waals surface area contributed by atoms with Gasteiger partial charge in [-0.3, -0.25) is 0 Å². The van der Waals surface area contributed by atoms with Gasteiger partial charge in [-0.2, -0.15) is 0 Å². The smallest absolute Gasteiger partial charge is 0.122 e. The van der Waals surface area contributed by atoms with Gasteiger partial charge in [0, 0.05) is 0 Å². The van der Waals surface area contributed by atoms with Gasteiger partial charge in [-0.1, -0.05) is 103 Å². The zero-order chi connectivity index (χ0) is 30.6.